The second kappa shape index (κ2) is 3.86. The van der Waals surface area contributed by atoms with Crippen LogP contribution in [0.15, 0.2) is 12.1 Å². The fourth-order valence-electron chi connectivity index (χ4n) is 2.43. The number of aryl methyl sites for hydroxylation is 2. The highest BCUT2D eigenvalue weighted by Crippen LogP contribution is 2.36. The molecule has 0 radical (unpaired) electrons. The lowest BCUT2D eigenvalue weighted by Crippen LogP contribution is -2.44. The highest BCUT2D eigenvalue weighted by molar-refractivity contribution is 5.45. The first-order valence-corrected chi connectivity index (χ1v) is 5.53. The molecular weight excluding hydrogens is 186 g/mol. The molecule has 82 valence electrons. The van der Waals surface area contributed by atoms with Gasteiger partial charge in [0.25, 0.3) is 0 Å². The first kappa shape index (κ1) is 10.5. The van der Waals surface area contributed by atoms with Crippen LogP contribution in [-0.4, -0.2) is 13.2 Å². The standard InChI is InChI=1S/C13H19NO/c1-8-5-9(2)13(12(6-8)15-4)11-7-10(3)14-11/h5-6,10-11,14H,7H2,1-4H3. The normalized spacial score (nSPS) is 24.8. The topological polar surface area (TPSA) is 21.3 Å². The van der Waals surface area contributed by atoms with Gasteiger partial charge in [-0.05, 0) is 44.4 Å². The third-order valence-corrected chi connectivity index (χ3v) is 3.14. The Hall–Kier alpha value is -1.02. The average molecular weight is 205 g/mol. The minimum atomic E-state index is 0.482. The lowest BCUT2D eigenvalue weighted by molar-refractivity contribution is 0.277. The van der Waals surface area contributed by atoms with Crippen molar-refractivity contribution in [3.05, 3.63) is 28.8 Å². The number of ether oxygens (including phenoxy) is 1. The van der Waals surface area contributed by atoms with Crippen LogP contribution in [0, 0.1) is 13.8 Å². The second-order valence-corrected chi connectivity index (χ2v) is 4.55. The molecule has 15 heavy (non-hydrogen) atoms. The molecule has 1 aliphatic rings. The van der Waals surface area contributed by atoms with Gasteiger partial charge in [0.1, 0.15) is 5.75 Å². The van der Waals surface area contributed by atoms with Crippen molar-refractivity contribution in [2.45, 2.75) is 39.3 Å². The molecule has 1 aromatic rings. The van der Waals surface area contributed by atoms with Gasteiger partial charge in [-0.1, -0.05) is 6.07 Å². The summed E-state index contributed by atoms with van der Waals surface area (Å²) >= 11 is 0. The fourth-order valence-corrected chi connectivity index (χ4v) is 2.43. The van der Waals surface area contributed by atoms with E-state index in [1.165, 1.54) is 23.1 Å². The Kier molecular flexibility index (Phi) is 2.70. The van der Waals surface area contributed by atoms with E-state index in [4.69, 9.17) is 4.74 Å². The molecule has 2 heteroatoms. The molecular formula is C13H19NO. The molecule has 2 rings (SSSR count). The minimum Gasteiger partial charge on any atom is -0.496 e. The van der Waals surface area contributed by atoms with E-state index < -0.39 is 0 Å². The van der Waals surface area contributed by atoms with Crippen LogP contribution in [0.4, 0.5) is 0 Å². The van der Waals surface area contributed by atoms with E-state index in [1.807, 2.05) is 0 Å². The Morgan fingerprint density at radius 1 is 1.33 bits per heavy atom. The zero-order valence-electron chi connectivity index (χ0n) is 9.92. The van der Waals surface area contributed by atoms with E-state index in [-0.39, 0.29) is 0 Å². The van der Waals surface area contributed by atoms with E-state index in [0.29, 0.717) is 12.1 Å². The van der Waals surface area contributed by atoms with Crippen molar-refractivity contribution in [1.82, 2.24) is 5.32 Å². The first-order chi connectivity index (χ1) is 7.11. The molecule has 0 spiro atoms. The molecule has 1 N–H and O–H groups in total. The predicted octanol–water partition coefficient (Wildman–Crippen LogP) is 2.73. The molecule has 0 aromatic heterocycles. The van der Waals surface area contributed by atoms with E-state index in [9.17, 15) is 0 Å². The summed E-state index contributed by atoms with van der Waals surface area (Å²) in [4.78, 5) is 0. The van der Waals surface area contributed by atoms with Crippen molar-refractivity contribution in [3.8, 4) is 5.75 Å². The van der Waals surface area contributed by atoms with Crippen LogP contribution < -0.4 is 10.1 Å². The molecule has 1 aliphatic heterocycles. The van der Waals surface area contributed by atoms with E-state index in [2.05, 4.69) is 38.2 Å². The lowest BCUT2D eigenvalue weighted by atomic mass is 9.88. The van der Waals surface area contributed by atoms with Crippen molar-refractivity contribution in [1.29, 1.82) is 0 Å². The summed E-state index contributed by atoms with van der Waals surface area (Å²) in [5.41, 5.74) is 3.93. The molecule has 2 atom stereocenters. The minimum absolute atomic E-state index is 0.482. The van der Waals surface area contributed by atoms with Gasteiger partial charge < -0.3 is 10.1 Å². The largest absolute Gasteiger partial charge is 0.496 e. The number of hydrogen-bond acceptors (Lipinski definition) is 2. The number of rotatable bonds is 2. The van der Waals surface area contributed by atoms with Gasteiger partial charge in [0.15, 0.2) is 0 Å². The maximum atomic E-state index is 5.46. The monoisotopic (exact) mass is 205 g/mol. The van der Waals surface area contributed by atoms with E-state index >= 15 is 0 Å². The van der Waals surface area contributed by atoms with Gasteiger partial charge in [-0.2, -0.15) is 0 Å². The Labute approximate surface area is 91.6 Å². The van der Waals surface area contributed by atoms with Crippen LogP contribution in [0.3, 0.4) is 0 Å². The fraction of sp³-hybridized carbons (Fsp3) is 0.538. The van der Waals surface area contributed by atoms with Crippen molar-refractivity contribution in [2.75, 3.05) is 7.11 Å². The molecule has 0 aliphatic carbocycles. The van der Waals surface area contributed by atoms with Crippen molar-refractivity contribution in [2.24, 2.45) is 0 Å². The molecule has 1 saturated heterocycles. The SMILES string of the molecule is COc1cc(C)cc(C)c1C1CC(C)N1. The molecule has 0 saturated carbocycles. The van der Waals surface area contributed by atoms with Crippen LogP contribution in [-0.2, 0) is 0 Å². The summed E-state index contributed by atoms with van der Waals surface area (Å²) in [6.07, 6.45) is 1.21. The zero-order valence-corrected chi connectivity index (χ0v) is 9.92. The third kappa shape index (κ3) is 1.86. The van der Waals surface area contributed by atoms with E-state index in [1.54, 1.807) is 7.11 Å². The molecule has 2 unspecified atom stereocenters. The number of methoxy groups -OCH3 is 1. The maximum Gasteiger partial charge on any atom is 0.124 e. The quantitative estimate of drug-likeness (QED) is 0.801. The summed E-state index contributed by atoms with van der Waals surface area (Å²) in [7, 11) is 1.75. The highest BCUT2D eigenvalue weighted by Gasteiger charge is 2.29. The summed E-state index contributed by atoms with van der Waals surface area (Å²) in [6, 6.07) is 5.46. The van der Waals surface area contributed by atoms with Gasteiger partial charge in [-0.3, -0.25) is 0 Å². The first-order valence-electron chi connectivity index (χ1n) is 5.53. The van der Waals surface area contributed by atoms with Crippen LogP contribution in [0.2, 0.25) is 0 Å². The predicted molar refractivity (Wildman–Crippen MR) is 62.4 cm³/mol. The molecule has 1 aromatic carbocycles. The lowest BCUT2D eigenvalue weighted by Gasteiger charge is -2.37. The molecule has 1 fully saturated rings. The van der Waals surface area contributed by atoms with Gasteiger partial charge in [0.2, 0.25) is 0 Å². The van der Waals surface area contributed by atoms with Gasteiger partial charge >= 0.3 is 0 Å². The molecule has 0 amide bonds. The molecule has 0 bridgehead atoms. The maximum absolute atomic E-state index is 5.46. The van der Waals surface area contributed by atoms with Crippen LogP contribution >= 0.6 is 0 Å². The van der Waals surface area contributed by atoms with Crippen LogP contribution in [0.5, 0.6) is 5.75 Å². The summed E-state index contributed by atoms with van der Waals surface area (Å²) in [5.74, 6) is 1.02. The Morgan fingerprint density at radius 2 is 2.00 bits per heavy atom. The van der Waals surface area contributed by atoms with Crippen molar-refractivity contribution < 1.29 is 4.74 Å². The van der Waals surface area contributed by atoms with Crippen molar-refractivity contribution in [3.63, 3.8) is 0 Å². The zero-order chi connectivity index (χ0) is 11.0. The number of benzene rings is 1. The summed E-state index contributed by atoms with van der Waals surface area (Å²) in [5, 5.41) is 3.51. The second-order valence-electron chi connectivity index (χ2n) is 4.55. The smallest absolute Gasteiger partial charge is 0.124 e. The van der Waals surface area contributed by atoms with Crippen LogP contribution in [0.25, 0.3) is 0 Å². The van der Waals surface area contributed by atoms with Gasteiger partial charge in [-0.15, -0.1) is 0 Å². The Morgan fingerprint density at radius 3 is 2.53 bits per heavy atom. The third-order valence-electron chi connectivity index (χ3n) is 3.14. The Bertz CT molecular complexity index is 367. The van der Waals surface area contributed by atoms with Gasteiger partial charge in [0.05, 0.1) is 7.11 Å². The summed E-state index contributed by atoms with van der Waals surface area (Å²) < 4.78 is 5.46. The van der Waals surface area contributed by atoms with Gasteiger partial charge in [-0.25, -0.2) is 0 Å². The van der Waals surface area contributed by atoms with Crippen LogP contribution in [0.1, 0.15) is 36.1 Å². The van der Waals surface area contributed by atoms with E-state index in [0.717, 1.165) is 5.75 Å². The van der Waals surface area contributed by atoms with Crippen molar-refractivity contribution >= 4 is 0 Å². The average Bonchev–Trinajstić information content (AvgIpc) is 2.13. The molecule has 1 heterocycles. The summed E-state index contributed by atoms with van der Waals surface area (Å²) in [6.45, 7) is 6.48. The highest BCUT2D eigenvalue weighted by atomic mass is 16.5. The number of nitrogens with one attached hydrogen (secondary N) is 1. The van der Waals surface area contributed by atoms with Gasteiger partial charge in [0, 0.05) is 17.6 Å². The Balaban J connectivity index is 2.36. The molecule has 2 nitrogen and oxygen atoms in total. The number of hydrogen-bond donors (Lipinski definition) is 1.